The van der Waals surface area contributed by atoms with Gasteiger partial charge in [0.05, 0.1) is 12.1 Å². The van der Waals surface area contributed by atoms with Gasteiger partial charge in [-0.1, -0.05) is 97.1 Å². The molecule has 0 spiro atoms. The molecule has 0 fully saturated rings. The highest BCUT2D eigenvalue weighted by atomic mass is 16.2. The van der Waals surface area contributed by atoms with Crippen LogP contribution in [0.15, 0.2) is 133 Å². The van der Waals surface area contributed by atoms with E-state index < -0.39 is 23.6 Å². The molecule has 0 radical (unpaired) electrons. The summed E-state index contributed by atoms with van der Waals surface area (Å²) in [6.45, 7) is 3.75. The van der Waals surface area contributed by atoms with Crippen LogP contribution in [-0.2, 0) is 0 Å². The summed E-state index contributed by atoms with van der Waals surface area (Å²) in [5.41, 5.74) is 3.24. The van der Waals surface area contributed by atoms with Crippen LogP contribution in [-0.4, -0.2) is 33.6 Å². The molecule has 4 amide bonds. The third kappa shape index (κ3) is 7.71. The van der Waals surface area contributed by atoms with E-state index in [4.69, 9.17) is 0 Å². The first-order valence-electron chi connectivity index (χ1n) is 16.1. The number of nitrogens with one attached hydrogen (secondary N) is 4. The molecule has 0 saturated carbocycles. The highest BCUT2D eigenvalue weighted by Gasteiger charge is 2.18. The molecule has 10 nitrogen and oxygen atoms in total. The summed E-state index contributed by atoms with van der Waals surface area (Å²) in [6, 6.07) is 38.6. The van der Waals surface area contributed by atoms with E-state index in [-0.39, 0.29) is 34.9 Å². The van der Waals surface area contributed by atoms with Crippen LogP contribution in [0.5, 0.6) is 0 Å². The van der Waals surface area contributed by atoms with Crippen molar-refractivity contribution in [2.45, 2.75) is 25.9 Å². The first kappa shape index (κ1) is 33.2. The summed E-state index contributed by atoms with van der Waals surface area (Å²) < 4.78 is 0. The lowest BCUT2D eigenvalue weighted by atomic mass is 10.1. The predicted octanol–water partition coefficient (Wildman–Crippen LogP) is 7.12. The van der Waals surface area contributed by atoms with E-state index >= 15 is 0 Å². The van der Waals surface area contributed by atoms with Gasteiger partial charge in [-0.3, -0.25) is 19.2 Å². The number of rotatable bonds is 10. The highest BCUT2D eigenvalue weighted by molar-refractivity contribution is 6.13. The molecule has 2 aromatic heterocycles. The second kappa shape index (κ2) is 15.0. The van der Waals surface area contributed by atoms with Crippen LogP contribution < -0.4 is 21.3 Å². The number of fused-ring (bicyclic) bond motifs is 1. The second-order valence-corrected chi connectivity index (χ2v) is 11.6. The van der Waals surface area contributed by atoms with Gasteiger partial charge in [0, 0.05) is 22.1 Å². The van der Waals surface area contributed by atoms with Crippen molar-refractivity contribution in [1.29, 1.82) is 0 Å². The zero-order chi connectivity index (χ0) is 35.0. The molecule has 2 atom stereocenters. The smallest absolute Gasteiger partial charge is 0.274 e. The molecule has 4 N–H and O–H groups in total. The maximum absolute atomic E-state index is 13.3. The maximum Gasteiger partial charge on any atom is 0.274 e. The summed E-state index contributed by atoms with van der Waals surface area (Å²) in [7, 11) is 0. The molecule has 2 heterocycles. The van der Waals surface area contributed by atoms with Crippen molar-refractivity contribution in [2.24, 2.45) is 0 Å². The lowest BCUT2D eigenvalue weighted by Gasteiger charge is -2.15. The van der Waals surface area contributed by atoms with Gasteiger partial charge in [-0.05, 0) is 61.4 Å². The van der Waals surface area contributed by atoms with E-state index in [2.05, 4.69) is 31.2 Å². The van der Waals surface area contributed by atoms with E-state index in [1.54, 1.807) is 48.5 Å². The third-order valence-corrected chi connectivity index (χ3v) is 8.14. The molecule has 10 heteroatoms. The van der Waals surface area contributed by atoms with Crippen LogP contribution >= 0.6 is 0 Å². The molecular weight excluding hydrogens is 628 g/mol. The van der Waals surface area contributed by atoms with Gasteiger partial charge in [0.1, 0.15) is 22.8 Å². The predicted molar refractivity (Wildman–Crippen MR) is 193 cm³/mol. The highest BCUT2D eigenvalue weighted by Crippen LogP contribution is 2.30. The average Bonchev–Trinajstić information content (AvgIpc) is 3.15. The third-order valence-electron chi connectivity index (χ3n) is 8.14. The summed E-state index contributed by atoms with van der Waals surface area (Å²) in [5, 5.41) is 12.9. The molecule has 50 heavy (non-hydrogen) atoms. The molecule has 6 aromatic rings. The number of hydrogen-bond acceptors (Lipinski definition) is 6. The summed E-state index contributed by atoms with van der Waals surface area (Å²) in [6.07, 6.45) is 0. The van der Waals surface area contributed by atoms with Crippen molar-refractivity contribution in [3.8, 4) is 0 Å². The minimum atomic E-state index is -0.501. The zero-order valence-electron chi connectivity index (χ0n) is 27.4. The van der Waals surface area contributed by atoms with Gasteiger partial charge in [-0.25, -0.2) is 9.97 Å². The molecule has 6 rings (SSSR count). The van der Waals surface area contributed by atoms with Gasteiger partial charge in [0.2, 0.25) is 0 Å². The fraction of sp³-hybridized carbons (Fsp3) is 0.100. The van der Waals surface area contributed by atoms with E-state index in [1.807, 2.05) is 86.6 Å². The fourth-order valence-corrected chi connectivity index (χ4v) is 5.47. The van der Waals surface area contributed by atoms with E-state index in [1.165, 1.54) is 12.1 Å². The largest absolute Gasteiger partial charge is 0.344 e. The molecule has 248 valence electrons. The number of hydrogen-bond donors (Lipinski definition) is 4. The number of carbonyl (C=O) groups is 4. The molecule has 2 unspecified atom stereocenters. The number of anilines is 2. The Balaban J connectivity index is 1.15. The van der Waals surface area contributed by atoms with Crippen LogP contribution in [0.3, 0.4) is 0 Å². The molecule has 0 aliphatic carbocycles. The molecule has 0 bridgehead atoms. The molecular formula is C40H34N6O4. The van der Waals surface area contributed by atoms with Crippen molar-refractivity contribution in [2.75, 3.05) is 10.6 Å². The van der Waals surface area contributed by atoms with Crippen LogP contribution in [0.4, 0.5) is 11.4 Å². The maximum atomic E-state index is 13.3. The number of aromatic nitrogens is 2. The minimum Gasteiger partial charge on any atom is -0.344 e. The van der Waals surface area contributed by atoms with E-state index in [0.717, 1.165) is 11.1 Å². The molecule has 0 aliphatic rings. The Morgan fingerprint density at radius 3 is 1.14 bits per heavy atom. The van der Waals surface area contributed by atoms with Crippen LogP contribution in [0.1, 0.15) is 79.0 Å². The molecule has 0 saturated heterocycles. The standard InChI is InChI=1S/C40H34N6O4/c1-25(27-13-5-3-6-14-27)41-37(47)33-21-11-23-35(43-33)39(49)45-31-19-9-18-30-29(31)17-10-20-32(30)46-40(50)36-24-12-22-34(44-36)38(48)42-26(2)28-15-7-4-8-16-28/h3-26H,1-2H3,(H,41,47)(H,42,48)(H,45,49)(H,46,50). The van der Waals surface area contributed by atoms with Crippen LogP contribution in [0.2, 0.25) is 0 Å². The Kier molecular flexibility index (Phi) is 9.99. The van der Waals surface area contributed by atoms with Crippen LogP contribution in [0, 0.1) is 0 Å². The van der Waals surface area contributed by atoms with Crippen molar-refractivity contribution in [3.63, 3.8) is 0 Å². The van der Waals surface area contributed by atoms with Crippen LogP contribution in [0.25, 0.3) is 10.8 Å². The first-order chi connectivity index (χ1) is 24.3. The quantitative estimate of drug-likeness (QED) is 0.123. The van der Waals surface area contributed by atoms with Gasteiger partial charge in [-0.2, -0.15) is 0 Å². The Morgan fingerprint density at radius 1 is 0.420 bits per heavy atom. The van der Waals surface area contributed by atoms with Crippen molar-refractivity contribution >= 4 is 45.8 Å². The summed E-state index contributed by atoms with van der Waals surface area (Å²) in [5.74, 6) is -1.80. The number of benzene rings is 4. The normalized spacial score (nSPS) is 12.0. The first-order valence-corrected chi connectivity index (χ1v) is 16.1. The number of carbonyl (C=O) groups excluding carboxylic acids is 4. The molecule has 4 aromatic carbocycles. The fourth-order valence-electron chi connectivity index (χ4n) is 5.47. The Bertz CT molecular complexity index is 2030. The Morgan fingerprint density at radius 2 is 0.760 bits per heavy atom. The Hall–Kier alpha value is -6.68. The lowest BCUT2D eigenvalue weighted by molar-refractivity contribution is 0.0925. The van der Waals surface area contributed by atoms with Crippen molar-refractivity contribution < 1.29 is 19.2 Å². The van der Waals surface area contributed by atoms with E-state index in [9.17, 15) is 19.2 Å². The van der Waals surface area contributed by atoms with Crippen molar-refractivity contribution in [3.05, 3.63) is 167 Å². The number of amides is 4. The number of pyridine rings is 2. The minimum absolute atomic E-state index is 0.0691. The summed E-state index contributed by atoms with van der Waals surface area (Å²) in [4.78, 5) is 61.2. The van der Waals surface area contributed by atoms with Gasteiger partial charge < -0.3 is 21.3 Å². The number of nitrogens with zero attached hydrogens (tertiary/aromatic N) is 2. The van der Waals surface area contributed by atoms with Gasteiger partial charge in [0.15, 0.2) is 0 Å². The average molecular weight is 663 g/mol. The van der Waals surface area contributed by atoms with Gasteiger partial charge in [-0.15, -0.1) is 0 Å². The lowest BCUT2D eigenvalue weighted by Crippen LogP contribution is -2.28. The molecule has 0 aliphatic heterocycles. The second-order valence-electron chi connectivity index (χ2n) is 11.6. The van der Waals surface area contributed by atoms with Gasteiger partial charge in [0.25, 0.3) is 23.6 Å². The Labute approximate surface area is 289 Å². The monoisotopic (exact) mass is 662 g/mol. The van der Waals surface area contributed by atoms with E-state index in [0.29, 0.717) is 22.1 Å². The summed E-state index contributed by atoms with van der Waals surface area (Å²) >= 11 is 0. The zero-order valence-corrected chi connectivity index (χ0v) is 27.4. The topological polar surface area (TPSA) is 142 Å². The van der Waals surface area contributed by atoms with Gasteiger partial charge >= 0.3 is 0 Å². The van der Waals surface area contributed by atoms with Crippen molar-refractivity contribution in [1.82, 2.24) is 20.6 Å². The SMILES string of the molecule is CC(NC(=O)c1cccc(C(=O)Nc2cccc3c(NC(=O)c4cccc(C(=O)NC(C)c5ccccc5)n4)cccc23)n1)c1ccccc1.